The van der Waals surface area contributed by atoms with E-state index in [4.69, 9.17) is 14.7 Å². The molecule has 8 heteroatoms. The van der Waals surface area contributed by atoms with Crippen molar-refractivity contribution in [1.29, 1.82) is 0 Å². The fourth-order valence-corrected chi connectivity index (χ4v) is 11.7. The lowest BCUT2D eigenvalue weighted by molar-refractivity contribution is -0.190. The monoisotopic (exact) mass is 717 g/mol. The van der Waals surface area contributed by atoms with E-state index < -0.39 is 5.41 Å². The van der Waals surface area contributed by atoms with Gasteiger partial charge >= 0.3 is 5.97 Å². The van der Waals surface area contributed by atoms with Crippen LogP contribution in [0.15, 0.2) is 36.4 Å². The molecule has 6 atom stereocenters. The SMILES string of the molecule is COC(=O)[C@]1(C)CC[C@]2(C)CC[C@@]3(C)[C@@](C)(CC=C4c5cc6nc7cc(C(=O)N8CCN(CCN(C)C)CC8)ccc7nc6c(C)c5C=C[C@]43C)[C@@H]2C1. The van der Waals surface area contributed by atoms with Gasteiger partial charge in [0, 0.05) is 50.2 Å². The van der Waals surface area contributed by atoms with Crippen molar-refractivity contribution in [2.24, 2.45) is 33.0 Å². The average molecular weight is 718 g/mol. The third-order valence-electron chi connectivity index (χ3n) is 15.7. The number of esters is 1. The van der Waals surface area contributed by atoms with Crippen molar-refractivity contribution in [2.45, 2.75) is 80.1 Å². The molecule has 2 saturated carbocycles. The first-order valence-corrected chi connectivity index (χ1v) is 20.0. The number of hydrogen-bond acceptors (Lipinski definition) is 7. The van der Waals surface area contributed by atoms with E-state index in [0.717, 1.165) is 99.0 Å². The van der Waals surface area contributed by atoms with E-state index in [-0.39, 0.29) is 33.5 Å². The Labute approximate surface area is 316 Å². The highest BCUT2D eigenvalue weighted by Crippen LogP contribution is 2.76. The number of likely N-dealkylation sites (N-methyl/N-ethyl adjacent to an activating group) is 1. The number of carbonyl (C=O) groups is 2. The fraction of sp³-hybridized carbons (Fsp3) is 0.600. The zero-order valence-electron chi connectivity index (χ0n) is 33.6. The van der Waals surface area contributed by atoms with Gasteiger partial charge < -0.3 is 14.5 Å². The quantitative estimate of drug-likeness (QED) is 0.195. The summed E-state index contributed by atoms with van der Waals surface area (Å²) in [6.07, 6.45) is 13.6. The van der Waals surface area contributed by atoms with Crippen LogP contribution in [-0.2, 0) is 9.53 Å². The van der Waals surface area contributed by atoms with E-state index in [0.29, 0.717) is 11.5 Å². The average Bonchev–Trinajstić information content (AvgIpc) is 3.14. The van der Waals surface area contributed by atoms with Gasteiger partial charge in [-0.3, -0.25) is 14.5 Å². The van der Waals surface area contributed by atoms with Crippen LogP contribution in [-0.4, -0.2) is 97.0 Å². The maximum absolute atomic E-state index is 13.7. The number of hydrogen-bond donors (Lipinski definition) is 0. The molecule has 0 radical (unpaired) electrons. The molecule has 53 heavy (non-hydrogen) atoms. The van der Waals surface area contributed by atoms with Gasteiger partial charge in [-0.15, -0.1) is 0 Å². The predicted molar refractivity (Wildman–Crippen MR) is 213 cm³/mol. The molecule has 3 fully saturated rings. The first kappa shape index (κ1) is 36.4. The topological polar surface area (TPSA) is 78.9 Å². The van der Waals surface area contributed by atoms with E-state index in [2.05, 4.69) is 89.7 Å². The number of piperazine rings is 1. The lowest BCUT2D eigenvalue weighted by Gasteiger charge is -2.70. The van der Waals surface area contributed by atoms with Gasteiger partial charge in [-0.2, -0.15) is 0 Å². The third-order valence-corrected chi connectivity index (χ3v) is 15.7. The molecule has 5 aliphatic rings. The number of methoxy groups -OCH3 is 1. The number of benzene rings is 2. The summed E-state index contributed by atoms with van der Waals surface area (Å²) in [4.78, 5) is 43.9. The maximum atomic E-state index is 13.7. The molecule has 1 amide bonds. The highest BCUT2D eigenvalue weighted by atomic mass is 16.5. The highest BCUT2D eigenvalue weighted by molar-refractivity contribution is 6.00. The molecular formula is C45H59N5O3. The van der Waals surface area contributed by atoms with Crippen LogP contribution in [0.25, 0.3) is 33.7 Å². The predicted octanol–water partition coefficient (Wildman–Crippen LogP) is 8.02. The molecule has 4 aliphatic carbocycles. The van der Waals surface area contributed by atoms with Crippen LogP contribution in [0.5, 0.6) is 0 Å². The molecule has 0 unspecified atom stereocenters. The Hall–Kier alpha value is -3.62. The van der Waals surface area contributed by atoms with E-state index in [9.17, 15) is 9.59 Å². The molecular weight excluding hydrogens is 659 g/mol. The Bertz CT molecular complexity index is 2080. The second-order valence-corrected chi connectivity index (χ2v) is 18.8. The molecule has 3 aromatic rings. The Morgan fingerprint density at radius 3 is 2.38 bits per heavy atom. The molecule has 0 N–H and O–H groups in total. The van der Waals surface area contributed by atoms with Crippen molar-refractivity contribution < 1.29 is 14.3 Å². The van der Waals surface area contributed by atoms with Crippen LogP contribution < -0.4 is 0 Å². The first-order valence-electron chi connectivity index (χ1n) is 20.0. The zero-order valence-corrected chi connectivity index (χ0v) is 33.6. The minimum Gasteiger partial charge on any atom is -0.469 e. The third kappa shape index (κ3) is 5.36. The van der Waals surface area contributed by atoms with Crippen LogP contribution in [0.3, 0.4) is 0 Å². The summed E-state index contributed by atoms with van der Waals surface area (Å²) in [5.41, 5.74) is 8.66. The van der Waals surface area contributed by atoms with Gasteiger partial charge in [0.25, 0.3) is 5.91 Å². The van der Waals surface area contributed by atoms with Crippen LogP contribution in [0.4, 0.5) is 0 Å². The van der Waals surface area contributed by atoms with Gasteiger partial charge in [0.1, 0.15) is 0 Å². The molecule has 8 rings (SSSR count). The lowest BCUT2D eigenvalue weighted by atomic mass is 9.33. The van der Waals surface area contributed by atoms with Gasteiger partial charge in [-0.25, -0.2) is 9.97 Å². The Morgan fingerprint density at radius 1 is 0.925 bits per heavy atom. The van der Waals surface area contributed by atoms with Crippen molar-refractivity contribution in [2.75, 3.05) is 60.5 Å². The summed E-state index contributed by atoms with van der Waals surface area (Å²) in [6, 6.07) is 8.10. The number of aryl methyl sites for hydroxylation is 1. The van der Waals surface area contributed by atoms with Crippen LogP contribution in [0.2, 0.25) is 0 Å². The minimum atomic E-state index is -0.442. The molecule has 1 saturated heterocycles. The molecule has 0 spiro atoms. The number of amides is 1. The lowest BCUT2D eigenvalue weighted by Crippen LogP contribution is -2.63. The van der Waals surface area contributed by atoms with E-state index in [1.807, 2.05) is 23.1 Å². The standard InChI is InChI=1S/C45H59N5O3/c1-29-31-12-14-43(4)33(13-15-44(5)37-28-42(3,40(52)53-9)17-16-41(37,2)18-19-45(43,44)6)32(31)27-36-38(29)47-34-11-10-30(26-35(34)46-36)39(51)50-24-22-49(23-25-50)21-20-48(7)8/h10-14,26-27,37H,15-25,28H2,1-9H3/t37-,41-,42-,43-,44+,45-/m1/s1. The number of carbonyl (C=O) groups excluding carboxylic acids is 2. The van der Waals surface area contributed by atoms with E-state index in [1.54, 1.807) is 7.11 Å². The molecule has 0 bridgehead atoms. The number of aromatic nitrogens is 2. The number of nitrogens with zero attached hydrogens (tertiary/aromatic N) is 5. The maximum Gasteiger partial charge on any atom is 0.311 e. The summed E-state index contributed by atoms with van der Waals surface area (Å²) in [5.74, 6) is 0.428. The van der Waals surface area contributed by atoms with Gasteiger partial charge in [-0.1, -0.05) is 45.9 Å². The van der Waals surface area contributed by atoms with Gasteiger partial charge in [0.2, 0.25) is 0 Å². The Balaban J connectivity index is 1.14. The molecule has 1 aliphatic heterocycles. The first-order chi connectivity index (χ1) is 25.1. The second kappa shape index (κ2) is 12.5. The summed E-state index contributed by atoms with van der Waals surface area (Å²) >= 11 is 0. The fourth-order valence-electron chi connectivity index (χ4n) is 11.7. The largest absolute Gasteiger partial charge is 0.469 e. The second-order valence-electron chi connectivity index (χ2n) is 18.8. The smallest absolute Gasteiger partial charge is 0.311 e. The van der Waals surface area contributed by atoms with Crippen molar-refractivity contribution in [3.05, 3.63) is 58.7 Å². The summed E-state index contributed by atoms with van der Waals surface area (Å²) in [6.45, 7) is 19.7. The molecule has 8 nitrogen and oxygen atoms in total. The number of allylic oxidation sites excluding steroid dienone is 3. The van der Waals surface area contributed by atoms with Crippen molar-refractivity contribution >= 4 is 45.6 Å². The van der Waals surface area contributed by atoms with E-state index in [1.165, 1.54) is 23.1 Å². The summed E-state index contributed by atoms with van der Waals surface area (Å²) in [7, 11) is 5.75. The van der Waals surface area contributed by atoms with Gasteiger partial charge in [-0.05, 0) is 135 Å². The van der Waals surface area contributed by atoms with Gasteiger partial charge in [0.15, 0.2) is 0 Å². The number of rotatable bonds is 5. The molecule has 2 aromatic carbocycles. The minimum absolute atomic E-state index is 0.0121. The highest BCUT2D eigenvalue weighted by Gasteiger charge is 2.68. The van der Waals surface area contributed by atoms with Crippen LogP contribution in [0.1, 0.15) is 100 Å². The molecule has 1 aromatic heterocycles. The molecule has 282 valence electrons. The normalized spacial score (nSPS) is 34.0. The number of fused-ring (bicyclic) bond motifs is 9. The summed E-state index contributed by atoms with van der Waals surface area (Å²) in [5, 5.41) is 0. The van der Waals surface area contributed by atoms with Crippen molar-refractivity contribution in [3.8, 4) is 0 Å². The number of ether oxygens (including phenoxy) is 1. The van der Waals surface area contributed by atoms with E-state index >= 15 is 0 Å². The molecule has 2 heterocycles. The van der Waals surface area contributed by atoms with Crippen LogP contribution in [0, 0.1) is 39.9 Å². The summed E-state index contributed by atoms with van der Waals surface area (Å²) < 4.78 is 5.39. The van der Waals surface area contributed by atoms with Crippen molar-refractivity contribution in [3.63, 3.8) is 0 Å². The van der Waals surface area contributed by atoms with Gasteiger partial charge in [0.05, 0.1) is 34.6 Å². The zero-order chi connectivity index (χ0) is 37.7. The Kier molecular flexibility index (Phi) is 8.54. The Morgan fingerprint density at radius 2 is 1.66 bits per heavy atom. The van der Waals surface area contributed by atoms with Crippen LogP contribution >= 0.6 is 0 Å². The van der Waals surface area contributed by atoms with Crippen molar-refractivity contribution in [1.82, 2.24) is 24.7 Å².